The van der Waals surface area contributed by atoms with Crippen LogP contribution in [0.5, 0.6) is 0 Å². The van der Waals surface area contributed by atoms with Gasteiger partial charge in [-0.15, -0.1) is 0 Å². The quantitative estimate of drug-likeness (QED) is 0.681. The van der Waals surface area contributed by atoms with Crippen molar-refractivity contribution in [3.63, 3.8) is 0 Å². The number of urea groups is 1. The van der Waals surface area contributed by atoms with Crippen LogP contribution in [0, 0.1) is 6.92 Å². The molecule has 2 heterocycles. The highest BCUT2D eigenvalue weighted by molar-refractivity contribution is 6.15. The molecule has 2 fully saturated rings. The van der Waals surface area contributed by atoms with Gasteiger partial charge in [0, 0.05) is 13.1 Å². The highest BCUT2D eigenvalue weighted by Crippen LogP contribution is 2.17. The maximum Gasteiger partial charge on any atom is 0.329 e. The van der Waals surface area contributed by atoms with Crippen molar-refractivity contribution in [3.05, 3.63) is 41.1 Å². The molecule has 2 saturated heterocycles. The van der Waals surface area contributed by atoms with Crippen LogP contribution in [-0.2, 0) is 9.59 Å². The summed E-state index contributed by atoms with van der Waals surface area (Å²) in [5, 5.41) is 2.57. The summed E-state index contributed by atoms with van der Waals surface area (Å²) in [5.41, 5.74) is 2.08. The molecule has 3 rings (SSSR count). The number of carbonyl (C=O) groups excluding carboxylic acids is 3. The second-order valence-electron chi connectivity index (χ2n) is 6.18. The highest BCUT2D eigenvalue weighted by Gasteiger charge is 2.36. The Hall–Kier alpha value is -2.63. The molecule has 0 bridgehead atoms. The smallest absolute Gasteiger partial charge is 0.329 e. The summed E-state index contributed by atoms with van der Waals surface area (Å²) >= 11 is 0. The van der Waals surface area contributed by atoms with E-state index in [0.29, 0.717) is 13.1 Å². The molecule has 1 aromatic rings. The van der Waals surface area contributed by atoms with E-state index in [2.05, 4.69) is 5.32 Å². The molecule has 1 N–H and O–H groups in total. The van der Waals surface area contributed by atoms with Crippen molar-refractivity contribution >= 4 is 23.9 Å². The Morgan fingerprint density at radius 2 is 1.88 bits per heavy atom. The minimum absolute atomic E-state index is 0.171. The molecule has 0 radical (unpaired) electrons. The van der Waals surface area contributed by atoms with Gasteiger partial charge in [0.25, 0.3) is 5.91 Å². The second-order valence-corrected chi connectivity index (χ2v) is 6.18. The lowest BCUT2D eigenvalue weighted by Gasteiger charge is -2.27. The number of rotatable bonds is 3. The summed E-state index contributed by atoms with van der Waals surface area (Å²) in [7, 11) is 0. The van der Waals surface area contributed by atoms with Crippen LogP contribution in [0.4, 0.5) is 4.79 Å². The predicted molar refractivity (Wildman–Crippen MR) is 89.8 cm³/mol. The SMILES string of the molecule is Cc1ccccc1/C=C1\NC(=O)N(CC(=O)N2CCCCC2)C1=O. The van der Waals surface area contributed by atoms with Gasteiger partial charge in [-0.1, -0.05) is 24.3 Å². The zero-order valence-corrected chi connectivity index (χ0v) is 13.7. The Bertz CT molecular complexity index is 705. The number of imide groups is 1. The lowest BCUT2D eigenvalue weighted by Crippen LogP contribution is -2.44. The second kappa shape index (κ2) is 6.86. The van der Waals surface area contributed by atoms with Gasteiger partial charge in [-0.25, -0.2) is 9.69 Å². The summed E-state index contributed by atoms with van der Waals surface area (Å²) < 4.78 is 0. The number of hydrogen-bond acceptors (Lipinski definition) is 3. The number of likely N-dealkylation sites (tertiary alicyclic amines) is 1. The number of benzene rings is 1. The summed E-state index contributed by atoms with van der Waals surface area (Å²) in [6, 6.07) is 7.06. The van der Waals surface area contributed by atoms with Gasteiger partial charge < -0.3 is 10.2 Å². The van der Waals surface area contributed by atoms with Crippen LogP contribution in [0.25, 0.3) is 6.08 Å². The zero-order valence-electron chi connectivity index (χ0n) is 13.7. The van der Waals surface area contributed by atoms with Gasteiger partial charge in [0.2, 0.25) is 5.91 Å². The Labute approximate surface area is 141 Å². The van der Waals surface area contributed by atoms with Gasteiger partial charge in [0.05, 0.1) is 0 Å². The topological polar surface area (TPSA) is 69.7 Å². The number of nitrogens with zero attached hydrogens (tertiary/aromatic N) is 2. The maximum absolute atomic E-state index is 12.5. The van der Waals surface area contributed by atoms with Crippen LogP contribution in [0.15, 0.2) is 30.0 Å². The lowest BCUT2D eigenvalue weighted by molar-refractivity contribution is -0.136. The van der Waals surface area contributed by atoms with Gasteiger partial charge in [-0.3, -0.25) is 9.59 Å². The maximum atomic E-state index is 12.5. The fraction of sp³-hybridized carbons (Fsp3) is 0.389. The first-order valence-electron chi connectivity index (χ1n) is 8.24. The van der Waals surface area contributed by atoms with Crippen molar-refractivity contribution in [1.29, 1.82) is 0 Å². The van der Waals surface area contributed by atoms with Gasteiger partial charge in [0.1, 0.15) is 12.2 Å². The number of nitrogens with one attached hydrogen (secondary N) is 1. The average molecular weight is 327 g/mol. The van der Waals surface area contributed by atoms with Crippen LogP contribution in [0.2, 0.25) is 0 Å². The number of amides is 4. The predicted octanol–water partition coefficient (Wildman–Crippen LogP) is 1.90. The summed E-state index contributed by atoms with van der Waals surface area (Å²) in [4.78, 5) is 39.5. The molecule has 0 saturated carbocycles. The highest BCUT2D eigenvalue weighted by atomic mass is 16.2. The minimum Gasteiger partial charge on any atom is -0.341 e. The number of carbonyl (C=O) groups is 3. The number of hydrogen-bond donors (Lipinski definition) is 1. The molecule has 0 aromatic heterocycles. The van der Waals surface area contributed by atoms with Crippen molar-refractivity contribution in [3.8, 4) is 0 Å². The molecule has 0 aliphatic carbocycles. The molecule has 1 aromatic carbocycles. The van der Waals surface area contributed by atoms with E-state index in [1.165, 1.54) is 0 Å². The lowest BCUT2D eigenvalue weighted by atomic mass is 10.1. The molecule has 0 spiro atoms. The average Bonchev–Trinajstić information content (AvgIpc) is 2.85. The molecule has 0 unspecified atom stereocenters. The summed E-state index contributed by atoms with van der Waals surface area (Å²) in [6.07, 6.45) is 4.73. The Balaban J connectivity index is 1.72. The van der Waals surface area contributed by atoms with E-state index in [4.69, 9.17) is 0 Å². The summed E-state index contributed by atoms with van der Waals surface area (Å²) in [6.45, 7) is 3.14. The van der Waals surface area contributed by atoms with E-state index in [0.717, 1.165) is 35.3 Å². The molecular weight excluding hydrogens is 306 g/mol. The van der Waals surface area contributed by atoms with Gasteiger partial charge in [-0.05, 0) is 43.4 Å². The molecule has 0 atom stereocenters. The Kier molecular flexibility index (Phi) is 4.64. The summed E-state index contributed by atoms with van der Waals surface area (Å²) in [5.74, 6) is -0.621. The third-order valence-corrected chi connectivity index (χ3v) is 4.45. The third kappa shape index (κ3) is 3.32. The van der Waals surface area contributed by atoms with Gasteiger partial charge in [-0.2, -0.15) is 0 Å². The van der Waals surface area contributed by atoms with E-state index in [1.54, 1.807) is 11.0 Å². The Morgan fingerprint density at radius 3 is 2.58 bits per heavy atom. The largest absolute Gasteiger partial charge is 0.341 e. The number of piperidine rings is 1. The monoisotopic (exact) mass is 327 g/mol. The van der Waals surface area contributed by atoms with Crippen LogP contribution in [0.3, 0.4) is 0 Å². The van der Waals surface area contributed by atoms with Crippen molar-refractivity contribution in [1.82, 2.24) is 15.1 Å². The van der Waals surface area contributed by atoms with Gasteiger partial charge in [0.15, 0.2) is 0 Å². The first kappa shape index (κ1) is 16.2. The van der Waals surface area contributed by atoms with Gasteiger partial charge >= 0.3 is 6.03 Å². The van der Waals surface area contributed by atoms with Crippen LogP contribution in [-0.4, -0.2) is 47.3 Å². The first-order valence-corrected chi connectivity index (χ1v) is 8.24. The molecular formula is C18H21N3O3. The van der Waals surface area contributed by atoms with Crippen LogP contribution < -0.4 is 5.32 Å². The third-order valence-electron chi connectivity index (χ3n) is 4.45. The molecule has 2 aliphatic heterocycles. The molecule has 6 nitrogen and oxygen atoms in total. The van der Waals surface area contributed by atoms with E-state index in [9.17, 15) is 14.4 Å². The van der Waals surface area contributed by atoms with Crippen molar-refractivity contribution in [2.75, 3.05) is 19.6 Å². The molecule has 126 valence electrons. The fourth-order valence-corrected chi connectivity index (χ4v) is 3.00. The van der Waals surface area contributed by atoms with Crippen molar-refractivity contribution in [2.24, 2.45) is 0 Å². The molecule has 24 heavy (non-hydrogen) atoms. The molecule has 6 heteroatoms. The first-order chi connectivity index (χ1) is 11.6. The van der Waals surface area contributed by atoms with E-state index in [1.807, 2.05) is 31.2 Å². The van der Waals surface area contributed by atoms with E-state index >= 15 is 0 Å². The zero-order chi connectivity index (χ0) is 17.1. The Morgan fingerprint density at radius 1 is 1.17 bits per heavy atom. The van der Waals surface area contributed by atoms with Crippen LogP contribution in [0.1, 0.15) is 30.4 Å². The normalized spacial score (nSPS) is 19.8. The molecule has 4 amide bonds. The standard InChI is InChI=1S/C18H21N3O3/c1-13-7-3-4-8-14(13)11-15-17(23)21(18(24)19-15)12-16(22)20-9-5-2-6-10-20/h3-4,7-8,11H,2,5-6,9-10,12H2,1H3,(H,19,24)/b15-11-. The van der Waals surface area contributed by atoms with Crippen molar-refractivity contribution in [2.45, 2.75) is 26.2 Å². The van der Waals surface area contributed by atoms with Crippen LogP contribution >= 0.6 is 0 Å². The van der Waals surface area contributed by atoms with E-state index < -0.39 is 11.9 Å². The van der Waals surface area contributed by atoms with Crippen molar-refractivity contribution < 1.29 is 14.4 Å². The number of aryl methyl sites for hydroxylation is 1. The minimum atomic E-state index is -0.537. The molecule has 2 aliphatic rings. The van der Waals surface area contributed by atoms with E-state index in [-0.39, 0.29) is 18.1 Å². The fourth-order valence-electron chi connectivity index (χ4n) is 3.00.